The number of morpholine rings is 1. The van der Waals surface area contributed by atoms with Crippen molar-refractivity contribution in [1.29, 1.82) is 0 Å². The molecule has 8 nitrogen and oxygen atoms in total. The molecule has 1 N–H and O–H groups in total. The van der Waals surface area contributed by atoms with E-state index in [1.165, 1.54) is 12.0 Å². The molecule has 160 valence electrons. The average molecular weight is 431 g/mol. The molecule has 0 spiro atoms. The minimum atomic E-state index is 0. The van der Waals surface area contributed by atoms with E-state index in [-0.39, 0.29) is 12.4 Å². The Morgan fingerprint density at radius 1 is 1.17 bits per heavy atom. The Hall–Kier alpha value is -2.26. The lowest BCUT2D eigenvalue weighted by molar-refractivity contribution is 0.0342. The van der Waals surface area contributed by atoms with E-state index in [4.69, 9.17) is 9.26 Å². The predicted octanol–water partition coefficient (Wildman–Crippen LogP) is 2.78. The van der Waals surface area contributed by atoms with Gasteiger partial charge in [0.2, 0.25) is 5.82 Å². The van der Waals surface area contributed by atoms with Gasteiger partial charge in [0.05, 0.1) is 19.3 Å². The van der Waals surface area contributed by atoms with Crippen LogP contribution in [0.5, 0.6) is 0 Å². The highest BCUT2D eigenvalue weighted by Crippen LogP contribution is 2.24. The summed E-state index contributed by atoms with van der Waals surface area (Å²) in [5.41, 5.74) is 2.92. The lowest BCUT2D eigenvalue weighted by Gasteiger charge is -2.26. The second-order valence-electron chi connectivity index (χ2n) is 7.69. The zero-order chi connectivity index (χ0) is 19.5. The van der Waals surface area contributed by atoms with Gasteiger partial charge in [-0.05, 0) is 37.1 Å². The van der Waals surface area contributed by atoms with Crippen molar-refractivity contribution in [2.24, 2.45) is 0 Å². The van der Waals surface area contributed by atoms with Gasteiger partial charge in [0.15, 0.2) is 5.69 Å². The van der Waals surface area contributed by atoms with E-state index in [9.17, 15) is 0 Å². The monoisotopic (exact) mass is 430 g/mol. The van der Waals surface area contributed by atoms with Gasteiger partial charge >= 0.3 is 0 Å². The number of benzene rings is 1. The number of ether oxygens (including phenoxy) is 1. The summed E-state index contributed by atoms with van der Waals surface area (Å²) in [7, 11) is 0. The molecule has 2 aliphatic rings. The molecule has 1 unspecified atom stereocenters. The van der Waals surface area contributed by atoms with E-state index in [0.717, 1.165) is 63.6 Å². The van der Waals surface area contributed by atoms with Gasteiger partial charge in [0.25, 0.3) is 5.89 Å². The highest BCUT2D eigenvalue weighted by atomic mass is 35.5. The van der Waals surface area contributed by atoms with Crippen molar-refractivity contribution in [3.05, 3.63) is 42.1 Å². The van der Waals surface area contributed by atoms with Gasteiger partial charge in [-0.2, -0.15) is 10.1 Å². The van der Waals surface area contributed by atoms with Crippen molar-refractivity contribution in [2.75, 3.05) is 39.4 Å². The zero-order valence-electron chi connectivity index (χ0n) is 16.9. The van der Waals surface area contributed by atoms with Gasteiger partial charge in [-0.15, -0.1) is 12.4 Å². The van der Waals surface area contributed by atoms with Crippen LogP contribution in [0.1, 0.15) is 24.4 Å². The van der Waals surface area contributed by atoms with Crippen molar-refractivity contribution in [3.8, 4) is 23.0 Å². The molecule has 3 aromatic rings. The van der Waals surface area contributed by atoms with Crippen molar-refractivity contribution in [2.45, 2.75) is 25.4 Å². The van der Waals surface area contributed by atoms with Crippen LogP contribution in [0.25, 0.3) is 23.0 Å². The first-order chi connectivity index (χ1) is 14.3. The van der Waals surface area contributed by atoms with Crippen LogP contribution in [0.3, 0.4) is 0 Å². The molecule has 1 aromatic carbocycles. The maximum atomic E-state index is 5.52. The molecule has 2 saturated heterocycles. The third kappa shape index (κ3) is 4.73. The number of hydrogen-bond acceptors (Lipinski definition) is 7. The highest BCUT2D eigenvalue weighted by molar-refractivity contribution is 5.85. The Labute approximate surface area is 182 Å². The van der Waals surface area contributed by atoms with Crippen molar-refractivity contribution < 1.29 is 9.26 Å². The molecular weight excluding hydrogens is 404 g/mol. The molecule has 5 rings (SSSR count). The molecular formula is C21H27ClN6O2. The minimum Gasteiger partial charge on any atom is -0.379 e. The third-order valence-corrected chi connectivity index (χ3v) is 5.59. The first kappa shape index (κ1) is 21.0. The first-order valence-electron chi connectivity index (χ1n) is 10.3. The summed E-state index contributed by atoms with van der Waals surface area (Å²) in [6.07, 6.45) is 4.31. The van der Waals surface area contributed by atoms with Crippen LogP contribution in [0, 0.1) is 0 Å². The maximum Gasteiger partial charge on any atom is 0.278 e. The highest BCUT2D eigenvalue weighted by Gasteiger charge is 2.19. The normalized spacial score (nSPS) is 20.1. The topological polar surface area (TPSA) is 81.2 Å². The van der Waals surface area contributed by atoms with E-state index in [1.807, 2.05) is 29.1 Å². The van der Waals surface area contributed by atoms with E-state index < -0.39 is 0 Å². The van der Waals surface area contributed by atoms with E-state index in [2.05, 4.69) is 37.6 Å². The van der Waals surface area contributed by atoms with Gasteiger partial charge in [-0.1, -0.05) is 23.4 Å². The number of nitrogens with zero attached hydrogens (tertiary/aromatic N) is 5. The Kier molecular flexibility index (Phi) is 6.79. The van der Waals surface area contributed by atoms with E-state index >= 15 is 0 Å². The number of nitrogens with one attached hydrogen (secondary N) is 1. The van der Waals surface area contributed by atoms with Crippen LogP contribution in [0.2, 0.25) is 0 Å². The van der Waals surface area contributed by atoms with Crippen molar-refractivity contribution in [3.63, 3.8) is 0 Å². The number of aromatic nitrogens is 4. The molecule has 0 radical (unpaired) electrons. The Balaban J connectivity index is 0.00000218. The van der Waals surface area contributed by atoms with Crippen LogP contribution in [-0.4, -0.2) is 64.2 Å². The summed E-state index contributed by atoms with van der Waals surface area (Å²) in [6.45, 7) is 6.48. The predicted molar refractivity (Wildman–Crippen MR) is 115 cm³/mol. The Morgan fingerprint density at radius 3 is 2.90 bits per heavy atom. The molecule has 2 aromatic heterocycles. The Bertz CT molecular complexity index is 946. The molecule has 0 bridgehead atoms. The maximum absolute atomic E-state index is 5.52. The van der Waals surface area contributed by atoms with Crippen LogP contribution < -0.4 is 5.32 Å². The summed E-state index contributed by atoms with van der Waals surface area (Å²) in [4.78, 5) is 6.99. The van der Waals surface area contributed by atoms with Crippen LogP contribution in [-0.2, 0) is 11.3 Å². The van der Waals surface area contributed by atoms with Gasteiger partial charge in [0.1, 0.15) is 0 Å². The average Bonchev–Trinajstić information content (AvgIpc) is 3.45. The molecule has 9 heteroatoms. The SMILES string of the molecule is Cl.c1cc(CN2CCOCC2)cc(-c2noc(-c3ccn(C4CCCNC4)n3)n2)c1. The summed E-state index contributed by atoms with van der Waals surface area (Å²) < 4.78 is 13.0. The quantitative estimate of drug-likeness (QED) is 0.666. The summed E-state index contributed by atoms with van der Waals surface area (Å²) in [5, 5.41) is 12.3. The number of hydrogen-bond donors (Lipinski definition) is 1. The standard InChI is InChI=1S/C21H26N6O2.ClH/c1-3-16(15-26-9-11-28-12-10-26)13-17(4-1)20-23-21(29-25-20)19-6-8-27(24-19)18-5-2-7-22-14-18;/h1,3-4,6,8,13,18,22H,2,5,7,9-12,14-15H2;1H. The molecule has 2 aliphatic heterocycles. The largest absolute Gasteiger partial charge is 0.379 e. The second-order valence-corrected chi connectivity index (χ2v) is 7.69. The molecule has 2 fully saturated rings. The van der Waals surface area contributed by atoms with Gasteiger partial charge in [-0.3, -0.25) is 9.58 Å². The fourth-order valence-corrected chi connectivity index (χ4v) is 3.99. The fourth-order valence-electron chi connectivity index (χ4n) is 3.99. The Morgan fingerprint density at radius 2 is 2.07 bits per heavy atom. The zero-order valence-corrected chi connectivity index (χ0v) is 17.7. The van der Waals surface area contributed by atoms with E-state index in [1.54, 1.807) is 0 Å². The summed E-state index contributed by atoms with van der Waals surface area (Å²) in [6, 6.07) is 10.7. The molecule has 0 amide bonds. The molecule has 0 saturated carbocycles. The van der Waals surface area contributed by atoms with Gasteiger partial charge in [-0.25, -0.2) is 0 Å². The van der Waals surface area contributed by atoms with Crippen molar-refractivity contribution in [1.82, 2.24) is 30.1 Å². The molecule has 4 heterocycles. The van der Waals surface area contributed by atoms with Crippen LogP contribution >= 0.6 is 12.4 Å². The van der Waals surface area contributed by atoms with Gasteiger partial charge in [0, 0.05) is 37.9 Å². The minimum absolute atomic E-state index is 0. The molecule has 0 aliphatic carbocycles. The first-order valence-corrected chi connectivity index (χ1v) is 10.3. The molecule has 30 heavy (non-hydrogen) atoms. The third-order valence-electron chi connectivity index (χ3n) is 5.59. The fraction of sp³-hybridized carbons (Fsp3) is 0.476. The number of rotatable bonds is 5. The smallest absolute Gasteiger partial charge is 0.278 e. The van der Waals surface area contributed by atoms with Gasteiger partial charge < -0.3 is 14.6 Å². The van der Waals surface area contributed by atoms with Crippen molar-refractivity contribution >= 4 is 12.4 Å². The lowest BCUT2D eigenvalue weighted by atomic mass is 10.1. The van der Waals surface area contributed by atoms with Crippen LogP contribution in [0.4, 0.5) is 0 Å². The van der Waals surface area contributed by atoms with E-state index in [0.29, 0.717) is 17.8 Å². The number of piperidine rings is 1. The summed E-state index contributed by atoms with van der Waals surface area (Å²) >= 11 is 0. The van der Waals surface area contributed by atoms with Crippen LogP contribution in [0.15, 0.2) is 41.1 Å². The summed E-state index contributed by atoms with van der Waals surface area (Å²) in [5.74, 6) is 1.05. The number of halogens is 1. The lowest BCUT2D eigenvalue weighted by Crippen LogP contribution is -2.35. The second kappa shape index (κ2) is 9.70. The molecule has 1 atom stereocenters.